The molecule has 0 radical (unpaired) electrons. The van der Waals surface area contributed by atoms with Crippen LogP contribution in [0.15, 0.2) is 78.9 Å². The molecule has 2 heteroatoms. The number of nitrogens with one attached hydrogen (secondary N) is 2. The Hall–Kier alpha value is -2.48. The zero-order valence-corrected chi connectivity index (χ0v) is 13.8. The van der Waals surface area contributed by atoms with Gasteiger partial charge >= 0.3 is 0 Å². The number of benzene rings is 2. The van der Waals surface area contributed by atoms with E-state index in [1.807, 2.05) is 63.3 Å². The second-order valence-corrected chi connectivity index (χ2v) is 4.58. The van der Waals surface area contributed by atoms with Crippen LogP contribution in [0.25, 0.3) is 0 Å². The molecule has 2 aromatic carbocycles. The van der Waals surface area contributed by atoms with Gasteiger partial charge in [0.05, 0.1) is 0 Å². The molecular formula is C20H30N2. The smallest absolute Gasteiger partial charge is 0.0394 e. The Balaban J connectivity index is 0. The van der Waals surface area contributed by atoms with E-state index >= 15 is 0 Å². The molecule has 0 fully saturated rings. The van der Waals surface area contributed by atoms with Crippen molar-refractivity contribution in [3.63, 3.8) is 0 Å². The third-order valence-corrected chi connectivity index (χ3v) is 2.87. The quantitative estimate of drug-likeness (QED) is 0.595. The maximum absolute atomic E-state index is 3.97. The fourth-order valence-corrected chi connectivity index (χ4v) is 1.87. The molecule has 0 saturated carbocycles. The summed E-state index contributed by atoms with van der Waals surface area (Å²) in [5.41, 5.74) is 4.33. The third-order valence-electron chi connectivity index (χ3n) is 2.87. The summed E-state index contributed by atoms with van der Waals surface area (Å²) in [5, 5.41) is 6.70. The zero-order valence-electron chi connectivity index (χ0n) is 13.8. The molecule has 2 nitrogen and oxygen atoms in total. The predicted octanol–water partition coefficient (Wildman–Crippen LogP) is 6.49. The molecule has 0 bridgehead atoms. The molecule has 0 aliphatic rings. The van der Waals surface area contributed by atoms with Crippen LogP contribution in [-0.2, 0) is 0 Å². The number of anilines is 3. The van der Waals surface area contributed by atoms with E-state index in [0.29, 0.717) is 0 Å². The van der Waals surface area contributed by atoms with Crippen LogP contribution in [-0.4, -0.2) is 6.54 Å². The summed E-state index contributed by atoms with van der Waals surface area (Å²) in [4.78, 5) is 0. The molecule has 0 atom stereocenters. The van der Waals surface area contributed by atoms with Gasteiger partial charge in [-0.3, -0.25) is 0 Å². The summed E-state index contributed by atoms with van der Waals surface area (Å²) >= 11 is 0. The highest BCUT2D eigenvalue weighted by molar-refractivity contribution is 5.62. The summed E-state index contributed by atoms with van der Waals surface area (Å²) in [6, 6.07) is 18.4. The monoisotopic (exact) mass is 298 g/mol. The SMILES string of the molecule is C=C(/C=C\C)CNc1ccc(Nc2ccccc2)cc1.CC.[HH].[HH]. The highest BCUT2D eigenvalue weighted by atomic mass is 14.9. The molecule has 0 saturated heterocycles. The van der Waals surface area contributed by atoms with E-state index in [-0.39, 0.29) is 2.85 Å². The average molecular weight is 298 g/mol. The van der Waals surface area contributed by atoms with Crippen LogP contribution >= 0.6 is 0 Å². The lowest BCUT2D eigenvalue weighted by Crippen LogP contribution is -2.02. The first-order valence-corrected chi connectivity index (χ1v) is 7.74. The second kappa shape index (κ2) is 10.3. The first kappa shape index (κ1) is 17.6. The predicted molar refractivity (Wildman–Crippen MR) is 104 cm³/mol. The van der Waals surface area contributed by atoms with Crippen molar-refractivity contribution in [1.82, 2.24) is 0 Å². The third kappa shape index (κ3) is 6.31. The summed E-state index contributed by atoms with van der Waals surface area (Å²) in [6.45, 7) is 10.7. The highest BCUT2D eigenvalue weighted by Crippen LogP contribution is 2.18. The molecule has 2 aromatic rings. The van der Waals surface area contributed by atoms with E-state index in [4.69, 9.17) is 0 Å². The summed E-state index contributed by atoms with van der Waals surface area (Å²) in [7, 11) is 0. The Morgan fingerprint density at radius 3 is 2.09 bits per heavy atom. The van der Waals surface area contributed by atoms with E-state index in [1.165, 1.54) is 0 Å². The molecule has 0 spiro atoms. The van der Waals surface area contributed by atoms with Crippen LogP contribution in [0.4, 0.5) is 17.1 Å². The van der Waals surface area contributed by atoms with Crippen LogP contribution in [0.1, 0.15) is 23.6 Å². The average Bonchev–Trinajstić information content (AvgIpc) is 2.57. The van der Waals surface area contributed by atoms with Crippen molar-refractivity contribution in [1.29, 1.82) is 0 Å². The summed E-state index contributed by atoms with van der Waals surface area (Å²) < 4.78 is 0. The molecule has 22 heavy (non-hydrogen) atoms. The van der Waals surface area contributed by atoms with Gasteiger partial charge in [0.1, 0.15) is 0 Å². The van der Waals surface area contributed by atoms with Gasteiger partial charge in [0, 0.05) is 26.5 Å². The van der Waals surface area contributed by atoms with Crippen LogP contribution in [0.5, 0.6) is 0 Å². The minimum absolute atomic E-state index is 0. The van der Waals surface area contributed by atoms with Gasteiger partial charge in [0.15, 0.2) is 0 Å². The van der Waals surface area contributed by atoms with Crippen LogP contribution in [0, 0.1) is 0 Å². The lowest BCUT2D eigenvalue weighted by Gasteiger charge is -2.09. The van der Waals surface area contributed by atoms with Crippen LogP contribution in [0.3, 0.4) is 0 Å². The number of para-hydroxylation sites is 1. The maximum atomic E-state index is 3.97. The molecule has 0 aliphatic carbocycles. The van der Waals surface area contributed by atoms with Gasteiger partial charge in [0.2, 0.25) is 0 Å². The summed E-state index contributed by atoms with van der Waals surface area (Å²) in [5.74, 6) is 0. The van der Waals surface area contributed by atoms with Crippen molar-refractivity contribution in [2.45, 2.75) is 20.8 Å². The van der Waals surface area contributed by atoms with Crippen molar-refractivity contribution in [2.75, 3.05) is 17.2 Å². The fourth-order valence-electron chi connectivity index (χ4n) is 1.87. The number of allylic oxidation sites excluding steroid dienone is 1. The molecule has 0 amide bonds. The molecule has 2 rings (SSSR count). The maximum Gasteiger partial charge on any atom is 0.0394 e. The lowest BCUT2D eigenvalue weighted by atomic mass is 10.2. The van der Waals surface area contributed by atoms with Crippen molar-refractivity contribution in [3.8, 4) is 0 Å². The van der Waals surface area contributed by atoms with E-state index in [2.05, 4.69) is 41.5 Å². The van der Waals surface area contributed by atoms with Gasteiger partial charge in [-0.15, -0.1) is 0 Å². The normalized spacial score (nSPS) is 9.77. The minimum atomic E-state index is 0. The number of hydrogen-bond acceptors (Lipinski definition) is 2. The van der Waals surface area contributed by atoms with Gasteiger partial charge in [-0.1, -0.05) is 50.8 Å². The minimum Gasteiger partial charge on any atom is -0.381 e. The number of hydrogen-bond donors (Lipinski definition) is 2. The van der Waals surface area contributed by atoms with Crippen molar-refractivity contribution in [3.05, 3.63) is 78.9 Å². The highest BCUT2D eigenvalue weighted by Gasteiger charge is 1.95. The lowest BCUT2D eigenvalue weighted by molar-refractivity contribution is 1.27. The molecule has 0 aromatic heterocycles. The van der Waals surface area contributed by atoms with Crippen LogP contribution in [0.2, 0.25) is 0 Å². The van der Waals surface area contributed by atoms with Crippen molar-refractivity contribution < 1.29 is 2.85 Å². The van der Waals surface area contributed by atoms with Gasteiger partial charge in [-0.2, -0.15) is 0 Å². The Bertz CT molecular complexity index is 578. The van der Waals surface area contributed by atoms with Gasteiger partial charge in [-0.25, -0.2) is 0 Å². The topological polar surface area (TPSA) is 24.1 Å². The Morgan fingerprint density at radius 1 is 0.955 bits per heavy atom. The summed E-state index contributed by atoms with van der Waals surface area (Å²) in [6.07, 6.45) is 4.01. The Labute approximate surface area is 137 Å². The second-order valence-electron chi connectivity index (χ2n) is 4.58. The molecule has 0 unspecified atom stereocenters. The largest absolute Gasteiger partial charge is 0.381 e. The van der Waals surface area contributed by atoms with E-state index in [9.17, 15) is 0 Å². The van der Waals surface area contributed by atoms with Crippen molar-refractivity contribution in [2.24, 2.45) is 0 Å². The van der Waals surface area contributed by atoms with Gasteiger partial charge in [0.25, 0.3) is 0 Å². The molecule has 120 valence electrons. The first-order valence-electron chi connectivity index (χ1n) is 7.74. The fraction of sp³-hybridized carbons (Fsp3) is 0.200. The van der Waals surface area contributed by atoms with Crippen molar-refractivity contribution >= 4 is 17.1 Å². The molecule has 0 heterocycles. The first-order chi connectivity index (χ1) is 10.8. The zero-order chi connectivity index (χ0) is 16.2. The Kier molecular flexibility index (Phi) is 8.21. The standard InChI is InChI=1S/C18H20N2.C2H6.2H2/c1-3-7-15(2)14-19-16-10-12-18(13-11-16)20-17-8-5-4-6-9-17;1-2;;/h3-13,19-20H,2,14H2,1H3;1-2H3;2*1H/b7-3-;;;. The number of rotatable bonds is 6. The molecule has 0 aliphatic heterocycles. The van der Waals surface area contributed by atoms with Crippen LogP contribution < -0.4 is 10.6 Å². The molecule has 2 N–H and O–H groups in total. The van der Waals surface area contributed by atoms with E-state index in [0.717, 1.165) is 29.2 Å². The molecular weight excluding hydrogens is 268 g/mol. The van der Waals surface area contributed by atoms with E-state index < -0.39 is 0 Å². The Morgan fingerprint density at radius 2 is 1.50 bits per heavy atom. The van der Waals surface area contributed by atoms with Gasteiger partial charge in [-0.05, 0) is 48.9 Å². The van der Waals surface area contributed by atoms with E-state index in [1.54, 1.807) is 0 Å². The van der Waals surface area contributed by atoms with Gasteiger partial charge < -0.3 is 10.6 Å².